The van der Waals surface area contributed by atoms with E-state index < -0.39 is 17.9 Å². The molecule has 0 bridgehead atoms. The van der Waals surface area contributed by atoms with E-state index in [4.69, 9.17) is 16.7 Å². The van der Waals surface area contributed by atoms with Gasteiger partial charge in [0, 0.05) is 11.1 Å². The number of carbonyl (C=O) groups is 2. The third kappa shape index (κ3) is 4.70. The van der Waals surface area contributed by atoms with Gasteiger partial charge in [-0.3, -0.25) is 4.79 Å². The number of amides is 1. The van der Waals surface area contributed by atoms with Gasteiger partial charge in [0.1, 0.15) is 6.04 Å². The first-order valence-corrected chi connectivity index (χ1v) is 6.79. The fourth-order valence-electron chi connectivity index (χ4n) is 1.66. The Morgan fingerprint density at radius 3 is 2.60 bits per heavy atom. The van der Waals surface area contributed by atoms with Gasteiger partial charge in [0.05, 0.1) is 0 Å². The van der Waals surface area contributed by atoms with Crippen molar-refractivity contribution < 1.29 is 14.7 Å². The van der Waals surface area contributed by atoms with E-state index in [1.807, 2.05) is 13.0 Å². The molecule has 0 spiro atoms. The normalized spacial score (nSPS) is 13.9. The van der Waals surface area contributed by atoms with Gasteiger partial charge in [-0.25, -0.2) is 4.79 Å². The lowest BCUT2D eigenvalue weighted by molar-refractivity contribution is -0.142. The SMILES string of the molecule is CC[C@H](C)[C@H](NC(=O)/C=C/c1ccccc1Cl)C(=O)O. The highest BCUT2D eigenvalue weighted by atomic mass is 35.5. The number of benzene rings is 1. The maximum atomic E-state index is 11.8. The van der Waals surface area contributed by atoms with Crippen LogP contribution in [0.4, 0.5) is 0 Å². The number of halogens is 1. The Morgan fingerprint density at radius 2 is 2.05 bits per heavy atom. The quantitative estimate of drug-likeness (QED) is 0.793. The number of aliphatic carboxylic acids is 1. The van der Waals surface area contributed by atoms with E-state index in [1.165, 1.54) is 6.08 Å². The van der Waals surface area contributed by atoms with Crippen molar-refractivity contribution in [3.8, 4) is 0 Å². The largest absolute Gasteiger partial charge is 0.480 e. The third-order valence-electron chi connectivity index (χ3n) is 3.10. The average molecular weight is 296 g/mol. The highest BCUT2D eigenvalue weighted by molar-refractivity contribution is 6.32. The number of carboxylic acid groups (broad SMARTS) is 1. The molecule has 0 aromatic heterocycles. The van der Waals surface area contributed by atoms with Gasteiger partial charge in [0.15, 0.2) is 0 Å². The van der Waals surface area contributed by atoms with Gasteiger partial charge in [-0.05, 0) is 23.6 Å². The van der Waals surface area contributed by atoms with Gasteiger partial charge in [0.2, 0.25) is 5.91 Å². The van der Waals surface area contributed by atoms with Crippen LogP contribution in [0.1, 0.15) is 25.8 Å². The van der Waals surface area contributed by atoms with E-state index in [-0.39, 0.29) is 5.92 Å². The molecule has 2 atom stereocenters. The van der Waals surface area contributed by atoms with Crippen LogP contribution in [0.5, 0.6) is 0 Å². The first-order chi connectivity index (χ1) is 9.45. The molecule has 0 aliphatic rings. The predicted octanol–water partition coefficient (Wildman–Crippen LogP) is 2.97. The molecule has 1 amide bonds. The van der Waals surface area contributed by atoms with Crippen molar-refractivity contribution in [3.05, 3.63) is 40.9 Å². The Balaban J connectivity index is 2.71. The molecule has 5 heteroatoms. The zero-order chi connectivity index (χ0) is 15.1. The molecule has 0 aliphatic carbocycles. The summed E-state index contributed by atoms with van der Waals surface area (Å²) in [5.74, 6) is -1.61. The number of rotatable bonds is 6. The van der Waals surface area contributed by atoms with Gasteiger partial charge in [-0.2, -0.15) is 0 Å². The zero-order valence-corrected chi connectivity index (χ0v) is 12.2. The topological polar surface area (TPSA) is 66.4 Å². The average Bonchev–Trinajstić information content (AvgIpc) is 2.42. The molecule has 0 radical (unpaired) electrons. The predicted molar refractivity (Wildman–Crippen MR) is 79.5 cm³/mol. The van der Waals surface area contributed by atoms with Crippen LogP contribution in [-0.2, 0) is 9.59 Å². The minimum absolute atomic E-state index is 0.134. The van der Waals surface area contributed by atoms with Crippen LogP contribution >= 0.6 is 11.6 Å². The molecule has 0 unspecified atom stereocenters. The van der Waals surface area contributed by atoms with Crippen LogP contribution in [0, 0.1) is 5.92 Å². The smallest absolute Gasteiger partial charge is 0.326 e. The summed E-state index contributed by atoms with van der Waals surface area (Å²) in [4.78, 5) is 22.9. The molecule has 1 rings (SSSR count). The molecule has 4 nitrogen and oxygen atoms in total. The van der Waals surface area contributed by atoms with E-state index in [1.54, 1.807) is 31.2 Å². The highest BCUT2D eigenvalue weighted by Crippen LogP contribution is 2.16. The van der Waals surface area contributed by atoms with E-state index in [9.17, 15) is 9.59 Å². The first-order valence-electron chi connectivity index (χ1n) is 6.41. The molecule has 2 N–H and O–H groups in total. The molecule has 20 heavy (non-hydrogen) atoms. The summed E-state index contributed by atoms with van der Waals surface area (Å²) >= 11 is 5.96. The van der Waals surface area contributed by atoms with E-state index in [0.717, 1.165) is 0 Å². The Labute approximate surface area is 123 Å². The van der Waals surface area contributed by atoms with E-state index >= 15 is 0 Å². The summed E-state index contributed by atoms with van der Waals surface area (Å²) in [6.45, 7) is 3.67. The van der Waals surface area contributed by atoms with Crippen molar-refractivity contribution >= 4 is 29.6 Å². The zero-order valence-electron chi connectivity index (χ0n) is 11.5. The maximum absolute atomic E-state index is 11.8. The van der Waals surface area contributed by atoms with Crippen molar-refractivity contribution in [3.63, 3.8) is 0 Å². The minimum atomic E-state index is -1.03. The summed E-state index contributed by atoms with van der Waals surface area (Å²) in [5, 5.41) is 12.1. The van der Waals surface area contributed by atoms with Gasteiger partial charge in [-0.1, -0.05) is 50.1 Å². The van der Waals surface area contributed by atoms with Crippen LogP contribution in [0.25, 0.3) is 6.08 Å². The lowest BCUT2D eigenvalue weighted by atomic mass is 9.99. The van der Waals surface area contributed by atoms with Crippen molar-refractivity contribution in [1.82, 2.24) is 5.32 Å². The third-order valence-corrected chi connectivity index (χ3v) is 3.44. The molecule has 0 fully saturated rings. The number of carboxylic acids is 1. The molecule has 0 aliphatic heterocycles. The van der Waals surface area contributed by atoms with Crippen molar-refractivity contribution in [2.24, 2.45) is 5.92 Å². The molecule has 0 saturated heterocycles. The fraction of sp³-hybridized carbons (Fsp3) is 0.333. The Hall–Kier alpha value is -1.81. The van der Waals surface area contributed by atoms with Crippen LogP contribution in [0.3, 0.4) is 0 Å². The van der Waals surface area contributed by atoms with Gasteiger partial charge in [-0.15, -0.1) is 0 Å². The summed E-state index contributed by atoms with van der Waals surface area (Å²) in [6.07, 6.45) is 3.53. The summed E-state index contributed by atoms with van der Waals surface area (Å²) in [6, 6.07) is 6.21. The second kappa shape index (κ2) is 7.70. The van der Waals surface area contributed by atoms with Crippen LogP contribution < -0.4 is 5.32 Å². The number of hydrogen-bond donors (Lipinski definition) is 2. The molecule has 108 valence electrons. The first kappa shape index (κ1) is 16.2. The number of carbonyl (C=O) groups excluding carboxylic acids is 1. The van der Waals surface area contributed by atoms with E-state index in [0.29, 0.717) is 17.0 Å². The van der Waals surface area contributed by atoms with Crippen molar-refractivity contribution in [2.45, 2.75) is 26.3 Å². The molecule has 1 aromatic carbocycles. The second-order valence-electron chi connectivity index (χ2n) is 4.56. The maximum Gasteiger partial charge on any atom is 0.326 e. The Morgan fingerprint density at radius 1 is 1.40 bits per heavy atom. The van der Waals surface area contributed by atoms with Crippen LogP contribution in [0.2, 0.25) is 5.02 Å². The Kier molecular flexibility index (Phi) is 6.25. The number of hydrogen-bond acceptors (Lipinski definition) is 2. The second-order valence-corrected chi connectivity index (χ2v) is 4.97. The molecule has 0 saturated carbocycles. The lowest BCUT2D eigenvalue weighted by Crippen LogP contribution is -2.44. The fourth-order valence-corrected chi connectivity index (χ4v) is 1.86. The minimum Gasteiger partial charge on any atom is -0.480 e. The van der Waals surface area contributed by atoms with Gasteiger partial charge < -0.3 is 10.4 Å². The van der Waals surface area contributed by atoms with Crippen molar-refractivity contribution in [2.75, 3.05) is 0 Å². The van der Waals surface area contributed by atoms with Crippen LogP contribution in [-0.4, -0.2) is 23.0 Å². The van der Waals surface area contributed by atoms with Gasteiger partial charge >= 0.3 is 5.97 Å². The standard InChI is InChI=1S/C15H18ClNO3/c1-3-10(2)14(15(19)20)17-13(18)9-8-11-6-4-5-7-12(11)16/h4-10,14H,3H2,1-2H3,(H,17,18)(H,19,20)/b9-8+/t10-,14-/m0/s1. The monoisotopic (exact) mass is 295 g/mol. The van der Waals surface area contributed by atoms with E-state index in [2.05, 4.69) is 5.32 Å². The molecular weight excluding hydrogens is 278 g/mol. The Bertz CT molecular complexity index is 514. The van der Waals surface area contributed by atoms with Crippen molar-refractivity contribution in [1.29, 1.82) is 0 Å². The molecule has 1 aromatic rings. The molecule has 0 heterocycles. The van der Waals surface area contributed by atoms with Gasteiger partial charge in [0.25, 0.3) is 0 Å². The highest BCUT2D eigenvalue weighted by Gasteiger charge is 2.24. The lowest BCUT2D eigenvalue weighted by Gasteiger charge is -2.19. The molecular formula is C15H18ClNO3. The summed E-state index contributed by atoms with van der Waals surface area (Å²) in [5.41, 5.74) is 0.708. The summed E-state index contributed by atoms with van der Waals surface area (Å²) in [7, 11) is 0. The van der Waals surface area contributed by atoms with Crippen LogP contribution in [0.15, 0.2) is 30.3 Å². The summed E-state index contributed by atoms with van der Waals surface area (Å²) < 4.78 is 0. The number of nitrogens with one attached hydrogen (secondary N) is 1.